The minimum atomic E-state index is -0.404. The van der Waals surface area contributed by atoms with Gasteiger partial charge in [-0.25, -0.2) is 0 Å². The first-order valence-electron chi connectivity index (χ1n) is 9.05. The van der Waals surface area contributed by atoms with Crippen molar-refractivity contribution in [2.45, 2.75) is 45.1 Å². The third kappa shape index (κ3) is 3.70. The maximum absolute atomic E-state index is 13.0. The lowest BCUT2D eigenvalue weighted by molar-refractivity contribution is -0.143. The summed E-state index contributed by atoms with van der Waals surface area (Å²) in [6.45, 7) is 6.08. The van der Waals surface area contributed by atoms with Crippen molar-refractivity contribution in [3.8, 4) is 0 Å². The summed E-state index contributed by atoms with van der Waals surface area (Å²) in [5.74, 6) is 0.548. The molecule has 1 unspecified atom stereocenters. The van der Waals surface area contributed by atoms with Crippen molar-refractivity contribution >= 4 is 24.2 Å². The molecule has 2 saturated heterocycles. The van der Waals surface area contributed by atoms with Crippen molar-refractivity contribution in [1.82, 2.24) is 15.5 Å². The summed E-state index contributed by atoms with van der Waals surface area (Å²) in [6.07, 6.45) is 5.02. The van der Waals surface area contributed by atoms with Gasteiger partial charge in [0.25, 0.3) is 0 Å². The van der Waals surface area contributed by atoms with Crippen LogP contribution in [-0.2, 0) is 14.3 Å². The Morgan fingerprint density at radius 3 is 2.79 bits per heavy atom. The number of nitrogens with zero attached hydrogens (tertiary/aromatic N) is 1. The van der Waals surface area contributed by atoms with Gasteiger partial charge in [-0.05, 0) is 31.7 Å². The number of ether oxygens (including phenoxy) is 1. The van der Waals surface area contributed by atoms with Gasteiger partial charge < -0.3 is 20.3 Å². The van der Waals surface area contributed by atoms with Crippen molar-refractivity contribution in [2.75, 3.05) is 39.4 Å². The third-order valence-corrected chi connectivity index (χ3v) is 5.82. The second-order valence-electron chi connectivity index (χ2n) is 7.10. The van der Waals surface area contributed by atoms with Crippen LogP contribution in [0.1, 0.15) is 39.0 Å². The second kappa shape index (κ2) is 8.50. The Labute approximate surface area is 150 Å². The lowest BCUT2D eigenvalue weighted by Gasteiger charge is -2.38. The van der Waals surface area contributed by atoms with Crippen LogP contribution < -0.4 is 10.6 Å². The number of halogens is 1. The van der Waals surface area contributed by atoms with Crippen LogP contribution in [0.5, 0.6) is 0 Å². The number of morpholine rings is 1. The highest BCUT2D eigenvalue weighted by molar-refractivity contribution is 5.90. The van der Waals surface area contributed by atoms with Gasteiger partial charge >= 0.3 is 0 Å². The number of rotatable bonds is 4. The van der Waals surface area contributed by atoms with Gasteiger partial charge in [0.05, 0.1) is 18.6 Å². The van der Waals surface area contributed by atoms with Crippen molar-refractivity contribution in [1.29, 1.82) is 0 Å². The van der Waals surface area contributed by atoms with Crippen LogP contribution >= 0.6 is 12.4 Å². The smallest absolute Gasteiger partial charge is 0.245 e. The highest BCUT2D eigenvalue weighted by Crippen LogP contribution is 2.44. The predicted molar refractivity (Wildman–Crippen MR) is 94.1 cm³/mol. The zero-order chi connectivity index (χ0) is 16.3. The van der Waals surface area contributed by atoms with Gasteiger partial charge in [-0.15, -0.1) is 12.4 Å². The maximum atomic E-state index is 13.0. The van der Waals surface area contributed by atoms with Gasteiger partial charge in [0.15, 0.2) is 0 Å². The molecule has 3 atom stereocenters. The van der Waals surface area contributed by atoms with Crippen LogP contribution in [0.4, 0.5) is 0 Å². The summed E-state index contributed by atoms with van der Waals surface area (Å²) in [6, 6.07) is -0.404. The zero-order valence-corrected chi connectivity index (χ0v) is 15.3. The van der Waals surface area contributed by atoms with E-state index in [0.717, 1.165) is 32.4 Å². The van der Waals surface area contributed by atoms with E-state index in [0.29, 0.717) is 38.6 Å². The van der Waals surface area contributed by atoms with Gasteiger partial charge in [0.2, 0.25) is 11.8 Å². The lowest BCUT2D eigenvalue weighted by atomic mass is 9.67. The average molecular weight is 360 g/mol. The molecule has 0 aromatic heterocycles. The Morgan fingerprint density at radius 2 is 2.08 bits per heavy atom. The number of carbonyl (C=O) groups is 2. The molecule has 2 amide bonds. The molecule has 2 heterocycles. The van der Waals surface area contributed by atoms with E-state index in [2.05, 4.69) is 10.6 Å². The minimum Gasteiger partial charge on any atom is -0.378 e. The third-order valence-electron chi connectivity index (χ3n) is 5.82. The Balaban J connectivity index is 0.00000208. The predicted octanol–water partition coefficient (Wildman–Crippen LogP) is 0.942. The van der Waals surface area contributed by atoms with Crippen LogP contribution in [0, 0.1) is 11.3 Å². The van der Waals surface area contributed by atoms with Crippen LogP contribution in [0.2, 0.25) is 0 Å². The van der Waals surface area contributed by atoms with Crippen LogP contribution in [-0.4, -0.2) is 62.1 Å². The van der Waals surface area contributed by atoms with Crippen LogP contribution in [0.15, 0.2) is 0 Å². The first-order valence-corrected chi connectivity index (χ1v) is 9.05. The molecule has 2 N–H and O–H groups in total. The van der Waals surface area contributed by atoms with Crippen LogP contribution in [0.25, 0.3) is 0 Å². The molecule has 24 heavy (non-hydrogen) atoms. The molecule has 3 fully saturated rings. The molecule has 3 aliphatic rings. The van der Waals surface area contributed by atoms with Gasteiger partial charge in [-0.3, -0.25) is 9.59 Å². The normalized spacial score (nSPS) is 30.9. The van der Waals surface area contributed by atoms with Gasteiger partial charge in [0.1, 0.15) is 6.04 Å². The monoisotopic (exact) mass is 359 g/mol. The van der Waals surface area contributed by atoms with E-state index in [1.165, 1.54) is 6.42 Å². The molecular formula is C17H30ClN3O3. The molecule has 1 saturated carbocycles. The average Bonchev–Trinajstić information content (AvgIpc) is 3.05. The lowest BCUT2D eigenvalue weighted by Crippen LogP contribution is -2.56. The zero-order valence-electron chi connectivity index (χ0n) is 14.5. The van der Waals surface area contributed by atoms with E-state index in [1.54, 1.807) is 0 Å². The summed E-state index contributed by atoms with van der Waals surface area (Å²) in [4.78, 5) is 27.5. The second-order valence-corrected chi connectivity index (χ2v) is 7.10. The number of amides is 2. The standard InChI is InChI=1S/C17H29N3O3.ClH/c1-2-14(15(21)20-7-9-23-10-8-20)19-16(22)17-6-4-3-5-13(17)11-18-12-17;/h13-14,18H,2-12H2,1H3,(H,19,22);1H/t13-,14?,17+;/m0./s1. The summed E-state index contributed by atoms with van der Waals surface area (Å²) >= 11 is 0. The summed E-state index contributed by atoms with van der Waals surface area (Å²) in [5, 5.41) is 6.48. The molecule has 7 heteroatoms. The molecule has 138 valence electrons. The largest absolute Gasteiger partial charge is 0.378 e. The topological polar surface area (TPSA) is 70.7 Å². The quantitative estimate of drug-likeness (QED) is 0.783. The summed E-state index contributed by atoms with van der Waals surface area (Å²) in [5.41, 5.74) is -0.295. The highest BCUT2D eigenvalue weighted by atomic mass is 35.5. The van der Waals surface area contributed by atoms with Gasteiger partial charge in [-0.1, -0.05) is 19.8 Å². The number of nitrogens with one attached hydrogen (secondary N) is 2. The van der Waals surface area contributed by atoms with E-state index in [9.17, 15) is 9.59 Å². The highest BCUT2D eigenvalue weighted by Gasteiger charge is 2.50. The number of hydrogen-bond acceptors (Lipinski definition) is 4. The van der Waals surface area contributed by atoms with Crippen LogP contribution in [0.3, 0.4) is 0 Å². The molecule has 0 aromatic carbocycles. The molecule has 6 nitrogen and oxygen atoms in total. The van der Waals surface area contributed by atoms with E-state index in [-0.39, 0.29) is 29.6 Å². The maximum Gasteiger partial charge on any atom is 0.245 e. The van der Waals surface area contributed by atoms with Crippen molar-refractivity contribution < 1.29 is 14.3 Å². The number of fused-ring (bicyclic) bond motifs is 1. The van der Waals surface area contributed by atoms with Crippen molar-refractivity contribution in [3.05, 3.63) is 0 Å². The van der Waals surface area contributed by atoms with Crippen molar-refractivity contribution in [2.24, 2.45) is 11.3 Å². The Morgan fingerprint density at radius 1 is 1.33 bits per heavy atom. The Bertz CT molecular complexity index is 456. The van der Waals surface area contributed by atoms with Crippen molar-refractivity contribution in [3.63, 3.8) is 0 Å². The van der Waals surface area contributed by atoms with Gasteiger partial charge in [0, 0.05) is 19.6 Å². The van der Waals surface area contributed by atoms with E-state index >= 15 is 0 Å². The number of carbonyl (C=O) groups excluding carboxylic acids is 2. The Kier molecular flexibility index (Phi) is 6.89. The van der Waals surface area contributed by atoms with E-state index in [1.807, 2.05) is 11.8 Å². The van der Waals surface area contributed by atoms with E-state index in [4.69, 9.17) is 4.74 Å². The van der Waals surface area contributed by atoms with Gasteiger partial charge in [-0.2, -0.15) is 0 Å². The Hall–Kier alpha value is -0.850. The summed E-state index contributed by atoms with van der Waals surface area (Å²) in [7, 11) is 0. The molecule has 0 radical (unpaired) electrons. The molecular weight excluding hydrogens is 330 g/mol. The number of hydrogen-bond donors (Lipinski definition) is 2. The fourth-order valence-corrected chi connectivity index (χ4v) is 4.33. The fraction of sp³-hybridized carbons (Fsp3) is 0.882. The SMILES string of the molecule is CCC(NC(=O)[C@@]12CCCC[C@H]1CNC2)C(=O)N1CCOCC1.Cl. The molecule has 0 spiro atoms. The molecule has 3 rings (SSSR count). The summed E-state index contributed by atoms with van der Waals surface area (Å²) < 4.78 is 5.31. The molecule has 1 aliphatic carbocycles. The first kappa shape index (κ1) is 19.5. The molecule has 0 bridgehead atoms. The van der Waals surface area contributed by atoms with E-state index < -0.39 is 6.04 Å². The fourth-order valence-electron chi connectivity index (χ4n) is 4.33. The molecule has 2 aliphatic heterocycles. The molecule has 0 aromatic rings. The first-order chi connectivity index (χ1) is 11.2. The minimum absolute atomic E-state index is 0.